The lowest BCUT2D eigenvalue weighted by Gasteiger charge is -1.96. The zero-order chi connectivity index (χ0) is 10.3. The van der Waals surface area contributed by atoms with Crippen LogP contribution in [-0.2, 0) is 14.3 Å². The van der Waals surface area contributed by atoms with E-state index in [1.165, 1.54) is 6.08 Å². The fourth-order valence-corrected chi connectivity index (χ4v) is 0.561. The molecule has 0 unspecified atom stereocenters. The van der Waals surface area contributed by atoms with Crippen LogP contribution in [0.1, 0.15) is 19.8 Å². The molecule has 0 radical (unpaired) electrons. The number of hydrogen-bond donors (Lipinski definition) is 1. The van der Waals surface area contributed by atoms with Gasteiger partial charge in [0.15, 0.2) is 0 Å². The number of carbonyl (C=O) groups is 2. The number of esters is 1. The predicted octanol–water partition coefficient (Wildman–Crippen LogP) is 1.48. The molecule has 0 aliphatic carbocycles. The molecule has 0 spiro atoms. The molecule has 0 aliphatic heterocycles. The van der Waals surface area contributed by atoms with Crippen molar-refractivity contribution in [1.29, 1.82) is 0 Å². The van der Waals surface area contributed by atoms with Crippen LogP contribution in [0.25, 0.3) is 0 Å². The van der Waals surface area contributed by atoms with Crippen LogP contribution in [0.4, 0.5) is 0 Å². The monoisotopic (exact) mass is 184 g/mol. The predicted molar refractivity (Wildman–Crippen MR) is 46.9 cm³/mol. The lowest BCUT2D eigenvalue weighted by molar-refractivity contribution is -0.138. The van der Waals surface area contributed by atoms with Crippen LogP contribution in [0.15, 0.2) is 24.5 Å². The topological polar surface area (TPSA) is 63.6 Å². The van der Waals surface area contributed by atoms with Crippen molar-refractivity contribution in [2.45, 2.75) is 19.8 Å². The largest absolute Gasteiger partial charge is 0.481 e. The van der Waals surface area contributed by atoms with Gasteiger partial charge in [-0.3, -0.25) is 9.59 Å². The van der Waals surface area contributed by atoms with E-state index < -0.39 is 11.9 Å². The second-order valence-electron chi connectivity index (χ2n) is 2.59. The average molecular weight is 184 g/mol. The van der Waals surface area contributed by atoms with Gasteiger partial charge in [0.1, 0.15) is 0 Å². The van der Waals surface area contributed by atoms with E-state index in [0.29, 0.717) is 5.57 Å². The van der Waals surface area contributed by atoms with E-state index in [1.54, 1.807) is 6.92 Å². The van der Waals surface area contributed by atoms with Crippen molar-refractivity contribution in [1.82, 2.24) is 0 Å². The number of aliphatic carboxylic acids is 1. The van der Waals surface area contributed by atoms with Crippen LogP contribution in [-0.4, -0.2) is 17.0 Å². The summed E-state index contributed by atoms with van der Waals surface area (Å²) < 4.78 is 4.56. The molecule has 0 aromatic rings. The molecule has 0 heterocycles. The molecule has 1 N–H and O–H groups in total. The number of rotatable bonds is 5. The summed E-state index contributed by atoms with van der Waals surface area (Å²) in [7, 11) is 0. The summed E-state index contributed by atoms with van der Waals surface area (Å²) in [5.41, 5.74) is 0.705. The third-order valence-corrected chi connectivity index (χ3v) is 1.03. The van der Waals surface area contributed by atoms with Crippen LogP contribution in [0.2, 0.25) is 0 Å². The molecule has 0 atom stereocenters. The van der Waals surface area contributed by atoms with Gasteiger partial charge >= 0.3 is 11.9 Å². The molecular weight excluding hydrogens is 172 g/mol. The van der Waals surface area contributed by atoms with Gasteiger partial charge in [0.05, 0.1) is 19.1 Å². The van der Waals surface area contributed by atoms with Gasteiger partial charge in [0.25, 0.3) is 0 Å². The zero-order valence-corrected chi connectivity index (χ0v) is 7.45. The highest BCUT2D eigenvalue weighted by molar-refractivity contribution is 5.73. The van der Waals surface area contributed by atoms with Crippen LogP contribution >= 0.6 is 0 Å². The van der Waals surface area contributed by atoms with Gasteiger partial charge in [-0.15, -0.1) is 0 Å². The Morgan fingerprint density at radius 3 is 2.62 bits per heavy atom. The maximum atomic E-state index is 10.8. The molecule has 4 heteroatoms. The number of carboxylic acid groups (broad SMARTS) is 1. The Labute approximate surface area is 76.5 Å². The summed E-state index contributed by atoms with van der Waals surface area (Å²) >= 11 is 0. The Morgan fingerprint density at radius 1 is 1.54 bits per heavy atom. The Hall–Kier alpha value is -1.58. The Kier molecular flexibility index (Phi) is 5.27. The van der Waals surface area contributed by atoms with Crippen LogP contribution in [0.5, 0.6) is 0 Å². The molecule has 0 saturated carbocycles. The minimum absolute atomic E-state index is 0.150. The van der Waals surface area contributed by atoms with Gasteiger partial charge in [0, 0.05) is 0 Å². The van der Waals surface area contributed by atoms with Crippen LogP contribution < -0.4 is 0 Å². The van der Waals surface area contributed by atoms with E-state index >= 15 is 0 Å². The minimum atomic E-state index is -0.966. The maximum absolute atomic E-state index is 10.8. The smallest absolute Gasteiger partial charge is 0.314 e. The van der Waals surface area contributed by atoms with E-state index in [2.05, 4.69) is 11.3 Å². The summed E-state index contributed by atoms with van der Waals surface area (Å²) in [5, 5.41) is 8.22. The fraction of sp³-hybridized carbons (Fsp3) is 0.333. The molecule has 72 valence electrons. The van der Waals surface area contributed by atoms with Crippen molar-refractivity contribution >= 4 is 11.9 Å². The van der Waals surface area contributed by atoms with E-state index in [-0.39, 0.29) is 12.8 Å². The number of hydrogen-bond acceptors (Lipinski definition) is 3. The van der Waals surface area contributed by atoms with E-state index in [1.807, 2.05) is 0 Å². The highest BCUT2D eigenvalue weighted by Gasteiger charge is 1.99. The Morgan fingerprint density at radius 2 is 2.15 bits per heavy atom. The number of carboxylic acids is 1. The second kappa shape index (κ2) is 5.99. The highest BCUT2D eigenvalue weighted by Crippen LogP contribution is 1.98. The lowest BCUT2D eigenvalue weighted by atomic mass is 10.2. The van der Waals surface area contributed by atoms with Gasteiger partial charge < -0.3 is 9.84 Å². The quantitative estimate of drug-likeness (QED) is 0.399. The van der Waals surface area contributed by atoms with Crippen molar-refractivity contribution in [3.63, 3.8) is 0 Å². The van der Waals surface area contributed by atoms with Gasteiger partial charge in [-0.1, -0.05) is 12.2 Å². The first-order valence-electron chi connectivity index (χ1n) is 3.73. The Balaban J connectivity index is 3.63. The molecule has 0 fully saturated rings. The fourth-order valence-electron chi connectivity index (χ4n) is 0.561. The van der Waals surface area contributed by atoms with Crippen LogP contribution in [0, 0.1) is 0 Å². The third-order valence-electron chi connectivity index (χ3n) is 1.03. The summed E-state index contributed by atoms with van der Waals surface area (Å²) in [6.45, 7) is 5.24. The van der Waals surface area contributed by atoms with Gasteiger partial charge in [0.2, 0.25) is 0 Å². The SMILES string of the molecule is C=C(C)CC(=O)OC=CCC(=O)O. The van der Waals surface area contributed by atoms with Gasteiger partial charge in [-0.2, -0.15) is 0 Å². The molecular formula is C9H12O4. The first-order chi connectivity index (χ1) is 6.02. The van der Waals surface area contributed by atoms with Crippen LogP contribution in [0.3, 0.4) is 0 Å². The average Bonchev–Trinajstić information content (AvgIpc) is 1.96. The summed E-state index contributed by atoms with van der Waals surface area (Å²) in [4.78, 5) is 20.8. The lowest BCUT2D eigenvalue weighted by Crippen LogP contribution is -1.99. The molecule has 13 heavy (non-hydrogen) atoms. The van der Waals surface area contributed by atoms with Crippen molar-refractivity contribution in [2.24, 2.45) is 0 Å². The minimum Gasteiger partial charge on any atom is -0.481 e. The first-order valence-corrected chi connectivity index (χ1v) is 3.73. The normalized spacial score (nSPS) is 9.92. The number of ether oxygens (including phenoxy) is 1. The molecule has 0 saturated heterocycles. The molecule has 0 aromatic heterocycles. The second-order valence-corrected chi connectivity index (χ2v) is 2.59. The summed E-state index contributed by atoms with van der Waals surface area (Å²) in [6, 6.07) is 0. The summed E-state index contributed by atoms with van der Waals surface area (Å²) in [5.74, 6) is -1.40. The van der Waals surface area contributed by atoms with Crippen molar-refractivity contribution in [3.8, 4) is 0 Å². The van der Waals surface area contributed by atoms with Crippen molar-refractivity contribution in [3.05, 3.63) is 24.5 Å². The zero-order valence-electron chi connectivity index (χ0n) is 7.45. The van der Waals surface area contributed by atoms with Crippen molar-refractivity contribution in [2.75, 3.05) is 0 Å². The highest BCUT2D eigenvalue weighted by atomic mass is 16.5. The third kappa shape index (κ3) is 8.33. The molecule has 0 amide bonds. The van der Waals surface area contributed by atoms with Crippen molar-refractivity contribution < 1.29 is 19.4 Å². The van der Waals surface area contributed by atoms with E-state index in [0.717, 1.165) is 6.26 Å². The summed E-state index contributed by atoms with van der Waals surface area (Å²) in [6.07, 6.45) is 2.34. The van der Waals surface area contributed by atoms with Gasteiger partial charge in [-0.05, 0) is 13.0 Å². The Bertz CT molecular complexity index is 240. The molecule has 0 aromatic carbocycles. The van der Waals surface area contributed by atoms with E-state index in [9.17, 15) is 9.59 Å². The first kappa shape index (κ1) is 11.4. The molecule has 0 rings (SSSR count). The van der Waals surface area contributed by atoms with Gasteiger partial charge in [-0.25, -0.2) is 0 Å². The number of carbonyl (C=O) groups excluding carboxylic acids is 1. The standard InChI is InChI=1S/C9H12O4/c1-7(2)6-9(12)13-5-3-4-8(10)11/h3,5H,1,4,6H2,2H3,(H,10,11). The molecule has 0 bridgehead atoms. The maximum Gasteiger partial charge on any atom is 0.314 e. The van der Waals surface area contributed by atoms with E-state index in [4.69, 9.17) is 5.11 Å². The molecule has 0 aliphatic rings. The molecule has 4 nitrogen and oxygen atoms in total.